The van der Waals surface area contributed by atoms with Gasteiger partial charge in [-0.25, -0.2) is 15.0 Å². The summed E-state index contributed by atoms with van der Waals surface area (Å²) in [6.07, 6.45) is 7.16. The molecule has 0 atom stereocenters. The molecule has 0 aliphatic carbocycles. The monoisotopic (exact) mass is 315 g/mol. The highest BCUT2D eigenvalue weighted by atomic mass is 15.0. The highest BCUT2D eigenvalue weighted by Crippen LogP contribution is 2.24. The Hall–Kier alpha value is -3.21. The Morgan fingerprint density at radius 1 is 1.04 bits per heavy atom. The van der Waals surface area contributed by atoms with E-state index in [1.54, 1.807) is 12.5 Å². The molecule has 0 aliphatic heterocycles. The second-order valence-corrected chi connectivity index (χ2v) is 5.80. The Morgan fingerprint density at radius 2 is 1.92 bits per heavy atom. The van der Waals surface area contributed by atoms with Crippen molar-refractivity contribution in [3.63, 3.8) is 0 Å². The van der Waals surface area contributed by atoms with Crippen molar-refractivity contribution in [2.24, 2.45) is 0 Å². The zero-order valence-corrected chi connectivity index (χ0v) is 13.3. The summed E-state index contributed by atoms with van der Waals surface area (Å²) < 4.78 is 2.04. The summed E-state index contributed by atoms with van der Waals surface area (Å²) >= 11 is 0. The van der Waals surface area contributed by atoms with Gasteiger partial charge in [0.1, 0.15) is 12.1 Å². The smallest absolute Gasteiger partial charge is 0.141 e. The van der Waals surface area contributed by atoms with Crippen molar-refractivity contribution >= 4 is 22.4 Å². The van der Waals surface area contributed by atoms with Crippen molar-refractivity contribution < 1.29 is 0 Å². The van der Waals surface area contributed by atoms with Crippen LogP contribution in [0.3, 0.4) is 0 Å². The predicted octanol–water partition coefficient (Wildman–Crippen LogP) is 3.93. The lowest BCUT2D eigenvalue weighted by Crippen LogP contribution is -1.98. The lowest BCUT2D eigenvalue weighted by atomic mass is 10.1. The van der Waals surface area contributed by atoms with Crippen LogP contribution in [-0.2, 0) is 6.54 Å². The lowest BCUT2D eigenvalue weighted by Gasteiger charge is -2.10. The van der Waals surface area contributed by atoms with Crippen molar-refractivity contribution in [3.8, 4) is 0 Å². The van der Waals surface area contributed by atoms with E-state index in [2.05, 4.69) is 63.6 Å². The normalized spacial score (nSPS) is 10.9. The maximum absolute atomic E-state index is 4.39. The van der Waals surface area contributed by atoms with Crippen LogP contribution in [0.25, 0.3) is 10.9 Å². The number of nitrogens with one attached hydrogen (secondary N) is 1. The lowest BCUT2D eigenvalue weighted by molar-refractivity contribution is 0.797. The van der Waals surface area contributed by atoms with Crippen LogP contribution in [0.2, 0.25) is 0 Å². The Morgan fingerprint density at radius 3 is 2.71 bits per heavy atom. The largest absolute Gasteiger partial charge is 0.340 e. The number of hydrogen-bond donors (Lipinski definition) is 1. The molecule has 2 aromatic carbocycles. The number of anilines is 2. The van der Waals surface area contributed by atoms with Crippen molar-refractivity contribution in [3.05, 3.63) is 78.6 Å². The fourth-order valence-corrected chi connectivity index (χ4v) is 2.69. The van der Waals surface area contributed by atoms with Gasteiger partial charge in [0.25, 0.3) is 0 Å². The van der Waals surface area contributed by atoms with Gasteiger partial charge in [-0.2, -0.15) is 0 Å². The maximum atomic E-state index is 4.39. The Balaban J connectivity index is 1.58. The highest BCUT2D eigenvalue weighted by Gasteiger charge is 2.04. The van der Waals surface area contributed by atoms with E-state index >= 15 is 0 Å². The van der Waals surface area contributed by atoms with Crippen molar-refractivity contribution in [2.45, 2.75) is 13.5 Å². The van der Waals surface area contributed by atoms with E-state index in [9.17, 15) is 0 Å². The van der Waals surface area contributed by atoms with E-state index in [0.717, 1.165) is 29.0 Å². The van der Waals surface area contributed by atoms with Crippen LogP contribution >= 0.6 is 0 Å². The fourth-order valence-electron chi connectivity index (χ4n) is 2.69. The number of rotatable bonds is 4. The van der Waals surface area contributed by atoms with E-state index in [4.69, 9.17) is 0 Å². The van der Waals surface area contributed by atoms with Crippen molar-refractivity contribution in [1.29, 1.82) is 0 Å². The molecule has 24 heavy (non-hydrogen) atoms. The zero-order chi connectivity index (χ0) is 16.4. The first-order valence-corrected chi connectivity index (χ1v) is 7.81. The van der Waals surface area contributed by atoms with E-state index in [0.29, 0.717) is 0 Å². The molecule has 0 fully saturated rings. The minimum atomic E-state index is 0.815. The molecular formula is C19H17N5. The van der Waals surface area contributed by atoms with Crippen LogP contribution < -0.4 is 5.32 Å². The van der Waals surface area contributed by atoms with Crippen molar-refractivity contribution in [2.75, 3.05) is 5.32 Å². The van der Waals surface area contributed by atoms with Gasteiger partial charge < -0.3 is 9.88 Å². The number of aromatic nitrogens is 4. The molecule has 0 saturated carbocycles. The highest BCUT2D eigenvalue weighted by molar-refractivity contribution is 5.91. The third kappa shape index (κ3) is 2.96. The van der Waals surface area contributed by atoms with Gasteiger partial charge in [0.05, 0.1) is 11.8 Å². The van der Waals surface area contributed by atoms with Gasteiger partial charge in [-0.15, -0.1) is 0 Å². The quantitative estimate of drug-likeness (QED) is 0.620. The number of aryl methyl sites for hydroxylation is 1. The average Bonchev–Trinajstić information content (AvgIpc) is 3.10. The molecule has 0 saturated heterocycles. The maximum Gasteiger partial charge on any atom is 0.141 e. The minimum absolute atomic E-state index is 0.815. The first kappa shape index (κ1) is 14.4. The first-order chi connectivity index (χ1) is 11.8. The number of nitrogens with zero attached hydrogens (tertiary/aromatic N) is 4. The van der Waals surface area contributed by atoms with Gasteiger partial charge in [0, 0.05) is 30.0 Å². The van der Waals surface area contributed by atoms with Gasteiger partial charge in [0.2, 0.25) is 0 Å². The summed E-state index contributed by atoms with van der Waals surface area (Å²) in [5.41, 5.74) is 4.36. The molecule has 2 heterocycles. The van der Waals surface area contributed by atoms with E-state index < -0.39 is 0 Å². The molecule has 0 bridgehead atoms. The molecule has 5 nitrogen and oxygen atoms in total. The topological polar surface area (TPSA) is 55.6 Å². The molecule has 0 aliphatic rings. The molecule has 2 aromatic heterocycles. The minimum Gasteiger partial charge on any atom is -0.340 e. The van der Waals surface area contributed by atoms with Crippen molar-refractivity contribution in [1.82, 2.24) is 19.5 Å². The summed E-state index contributed by atoms with van der Waals surface area (Å²) in [7, 11) is 0. The summed E-state index contributed by atoms with van der Waals surface area (Å²) in [5.74, 6) is 0.825. The number of fused-ring (bicyclic) bond motifs is 1. The van der Waals surface area contributed by atoms with Crippen LogP contribution in [-0.4, -0.2) is 19.5 Å². The molecule has 5 heteroatoms. The van der Waals surface area contributed by atoms with Crippen LogP contribution in [0.15, 0.2) is 67.5 Å². The standard InChI is InChI=1S/C19H17N5/c1-14-2-7-18-17(10-14)19(22-12-21-18)23-16-5-3-15(4-6-16)11-24-9-8-20-13-24/h2-10,12-13H,11H2,1H3,(H,21,22,23). The summed E-state index contributed by atoms with van der Waals surface area (Å²) in [6, 6.07) is 14.5. The summed E-state index contributed by atoms with van der Waals surface area (Å²) in [6.45, 7) is 2.89. The Bertz CT molecular complexity index is 959. The fraction of sp³-hybridized carbons (Fsp3) is 0.105. The summed E-state index contributed by atoms with van der Waals surface area (Å²) in [5, 5.41) is 4.42. The van der Waals surface area contributed by atoms with Gasteiger partial charge in [0.15, 0.2) is 0 Å². The predicted molar refractivity (Wildman–Crippen MR) is 95.3 cm³/mol. The second-order valence-electron chi connectivity index (χ2n) is 5.80. The molecule has 0 amide bonds. The molecular weight excluding hydrogens is 298 g/mol. The van der Waals surface area contributed by atoms with Crippen LogP contribution in [0.5, 0.6) is 0 Å². The molecule has 1 N–H and O–H groups in total. The number of hydrogen-bond acceptors (Lipinski definition) is 4. The molecule has 4 aromatic rings. The molecule has 0 unspecified atom stereocenters. The van der Waals surface area contributed by atoms with Gasteiger partial charge in [-0.3, -0.25) is 0 Å². The average molecular weight is 315 g/mol. The van der Waals surface area contributed by atoms with Crippen LogP contribution in [0.4, 0.5) is 11.5 Å². The molecule has 0 spiro atoms. The second kappa shape index (κ2) is 6.12. The Labute approximate surface area is 140 Å². The van der Waals surface area contributed by atoms with Gasteiger partial charge >= 0.3 is 0 Å². The van der Waals surface area contributed by atoms with Gasteiger partial charge in [-0.1, -0.05) is 23.8 Å². The third-order valence-corrected chi connectivity index (χ3v) is 3.93. The third-order valence-electron chi connectivity index (χ3n) is 3.93. The zero-order valence-electron chi connectivity index (χ0n) is 13.3. The molecule has 4 rings (SSSR count). The summed E-state index contributed by atoms with van der Waals surface area (Å²) in [4.78, 5) is 12.8. The number of imidazole rings is 1. The number of benzene rings is 2. The SMILES string of the molecule is Cc1ccc2ncnc(Nc3ccc(Cn4ccnc4)cc3)c2c1. The van der Waals surface area contributed by atoms with Gasteiger partial charge in [-0.05, 0) is 36.8 Å². The molecule has 0 radical (unpaired) electrons. The Kier molecular flexibility index (Phi) is 3.67. The van der Waals surface area contributed by atoms with E-state index in [-0.39, 0.29) is 0 Å². The van der Waals surface area contributed by atoms with Crippen LogP contribution in [0.1, 0.15) is 11.1 Å². The van der Waals surface area contributed by atoms with E-state index in [1.807, 2.05) is 23.2 Å². The molecule has 118 valence electrons. The van der Waals surface area contributed by atoms with Crippen LogP contribution in [0, 0.1) is 6.92 Å². The first-order valence-electron chi connectivity index (χ1n) is 7.81. The van der Waals surface area contributed by atoms with E-state index in [1.165, 1.54) is 11.1 Å².